The topological polar surface area (TPSA) is 0 Å². The average molecular weight is 374 g/mol. The standard InChI is InChI=1S/2C5H5.2C2H6S.2Ni/c2*1-2-4-5-3-1;2*1-2-3;;/h2*1-5H;2*3H,2H2,1H3;;/p+2. The summed E-state index contributed by atoms with van der Waals surface area (Å²) >= 11 is 6.37. The summed E-state index contributed by atoms with van der Waals surface area (Å²) in [6, 6.07) is 0. The molecule has 0 N–H and O–H groups in total. The zero-order valence-electron chi connectivity index (χ0n) is 10.8. The first-order valence-corrected chi connectivity index (χ1v) is 6.87. The Morgan fingerprint density at radius 1 is 0.500 bits per heavy atom. The molecular weight excluding hydrogens is 350 g/mol. The van der Waals surface area contributed by atoms with Gasteiger partial charge in [-0.15, -0.1) is 0 Å². The van der Waals surface area contributed by atoms with Crippen LogP contribution in [-0.4, -0.2) is 11.5 Å². The van der Waals surface area contributed by atoms with Crippen molar-refractivity contribution in [2.45, 2.75) is 13.8 Å². The molecule has 0 aliphatic heterocycles. The fraction of sp³-hybridized carbons (Fsp3) is 0.286. The minimum atomic E-state index is 0. The second-order valence-electron chi connectivity index (χ2n) is 2.63. The number of hydrogen-bond acceptors (Lipinski definition) is 0. The zero-order valence-corrected chi connectivity index (χ0v) is 14.8. The van der Waals surface area contributed by atoms with Crippen LogP contribution in [0.2, 0.25) is 0 Å². The van der Waals surface area contributed by atoms with Crippen LogP contribution in [0.5, 0.6) is 0 Å². The second kappa shape index (κ2) is 31.2. The summed E-state index contributed by atoms with van der Waals surface area (Å²) in [6.45, 7) is 4.08. The minimum Gasteiger partial charge on any atom is -0.0429 e. The molecule has 0 spiro atoms. The van der Waals surface area contributed by atoms with Gasteiger partial charge in [0.05, 0.1) is 0 Å². The van der Waals surface area contributed by atoms with E-state index in [1.54, 1.807) is 0 Å². The van der Waals surface area contributed by atoms with E-state index in [2.05, 4.69) is 25.3 Å². The predicted molar refractivity (Wildman–Crippen MR) is 84.4 cm³/mol. The summed E-state index contributed by atoms with van der Waals surface area (Å²) in [5.74, 6) is 2.11. The molecule has 2 saturated carbocycles. The Balaban J connectivity index is -0.0000000725. The van der Waals surface area contributed by atoms with E-state index in [0.29, 0.717) is 0 Å². The third-order valence-electron chi connectivity index (χ3n) is 1.11. The van der Waals surface area contributed by atoms with Crippen LogP contribution in [0.15, 0.2) is 0 Å². The van der Waals surface area contributed by atoms with Crippen LogP contribution in [0, 0.1) is 64.2 Å². The smallest absolute Gasteiger partial charge is 0.0429 e. The van der Waals surface area contributed by atoms with Crippen molar-refractivity contribution in [2.24, 2.45) is 0 Å². The van der Waals surface area contributed by atoms with E-state index < -0.39 is 0 Å². The van der Waals surface area contributed by atoms with Crippen LogP contribution in [0.4, 0.5) is 0 Å². The van der Waals surface area contributed by atoms with Crippen molar-refractivity contribution in [3.63, 3.8) is 0 Å². The maximum Gasteiger partial charge on any atom is 0.100 e. The fourth-order valence-electron chi connectivity index (χ4n) is 0.642. The van der Waals surface area contributed by atoms with Crippen molar-refractivity contribution in [3.05, 3.63) is 64.2 Å². The monoisotopic (exact) mass is 372 g/mol. The molecule has 0 nitrogen and oxygen atoms in total. The van der Waals surface area contributed by atoms with Gasteiger partial charge in [-0.2, -0.15) is 0 Å². The van der Waals surface area contributed by atoms with E-state index in [4.69, 9.17) is 0 Å². The average Bonchev–Trinajstić information content (AvgIpc) is 3.00. The normalized spacial score (nSPS) is 15.3. The minimum absolute atomic E-state index is 0. The first-order chi connectivity index (χ1) is 7.83. The predicted octanol–water partition coefficient (Wildman–Crippen LogP) is 2.07. The van der Waals surface area contributed by atoms with Gasteiger partial charge in [-0.05, 0) is 103 Å². The third-order valence-corrected chi connectivity index (χ3v) is 1.11. The summed E-state index contributed by atoms with van der Waals surface area (Å²) in [6.07, 6.45) is 20.0. The van der Waals surface area contributed by atoms with E-state index in [-0.39, 0.29) is 33.0 Å². The van der Waals surface area contributed by atoms with Gasteiger partial charge >= 0.3 is 0 Å². The molecule has 0 unspecified atom stereocenters. The van der Waals surface area contributed by atoms with Crippen LogP contribution in [0.1, 0.15) is 13.8 Å². The Kier molecular flexibility index (Phi) is 48.4. The Hall–Kier alpha value is 1.69. The van der Waals surface area contributed by atoms with Crippen molar-refractivity contribution in [2.75, 3.05) is 11.5 Å². The Labute approximate surface area is 147 Å². The molecular formula is C14H24Ni2S2+2. The van der Waals surface area contributed by atoms with E-state index in [1.165, 1.54) is 0 Å². The summed E-state index contributed by atoms with van der Waals surface area (Å²) in [7, 11) is 0. The first-order valence-electron chi connectivity index (χ1n) is 5.45. The van der Waals surface area contributed by atoms with Crippen LogP contribution in [0.3, 0.4) is 0 Å². The molecule has 2 rings (SSSR count). The van der Waals surface area contributed by atoms with Gasteiger partial charge in [0.25, 0.3) is 0 Å². The second-order valence-corrected chi connectivity index (χ2v) is 4.05. The molecule has 4 heteroatoms. The fourth-order valence-corrected chi connectivity index (χ4v) is 0.642. The summed E-state index contributed by atoms with van der Waals surface area (Å²) in [5, 5.41) is 0. The van der Waals surface area contributed by atoms with Crippen molar-refractivity contribution < 1.29 is 33.0 Å². The van der Waals surface area contributed by atoms with Gasteiger partial charge in [0, 0.05) is 33.0 Å². The SMILES string of the molecule is CC[SH2+].CC[SH2+].[CH]1[CH][CH][CH][CH]1.[CH]1[CH][CH][CH][CH]1.[Ni].[Ni]. The van der Waals surface area contributed by atoms with Gasteiger partial charge < -0.3 is 0 Å². The molecule has 110 valence electrons. The Morgan fingerprint density at radius 2 is 0.556 bits per heavy atom. The Morgan fingerprint density at radius 3 is 0.611 bits per heavy atom. The summed E-state index contributed by atoms with van der Waals surface area (Å²) in [5.41, 5.74) is 0. The largest absolute Gasteiger partial charge is 0.100 e. The van der Waals surface area contributed by atoms with Crippen molar-refractivity contribution in [1.82, 2.24) is 0 Å². The maximum atomic E-state index is 3.18. The first kappa shape index (κ1) is 27.9. The molecule has 0 aromatic carbocycles. The van der Waals surface area contributed by atoms with E-state index >= 15 is 0 Å². The quantitative estimate of drug-likeness (QED) is 0.450. The van der Waals surface area contributed by atoms with E-state index in [9.17, 15) is 0 Å². The molecule has 2 aliphatic rings. The molecule has 2 aliphatic carbocycles. The van der Waals surface area contributed by atoms with Gasteiger partial charge in [0.15, 0.2) is 0 Å². The van der Waals surface area contributed by atoms with Gasteiger partial charge in [0.1, 0.15) is 11.5 Å². The van der Waals surface area contributed by atoms with Gasteiger partial charge in [-0.3, -0.25) is 0 Å². The zero-order chi connectivity index (χ0) is 12.5. The molecule has 2 fully saturated rings. The molecule has 18 heavy (non-hydrogen) atoms. The molecule has 0 bridgehead atoms. The number of hydrogen-bond donors (Lipinski definition) is 0. The van der Waals surface area contributed by atoms with Crippen molar-refractivity contribution >= 4 is 25.3 Å². The van der Waals surface area contributed by atoms with Crippen LogP contribution < -0.4 is 0 Å². The van der Waals surface area contributed by atoms with Crippen LogP contribution >= 0.6 is 0 Å². The molecule has 0 aromatic rings. The summed E-state index contributed by atoms with van der Waals surface area (Å²) in [4.78, 5) is 0. The molecule has 0 atom stereocenters. The molecule has 0 aromatic heterocycles. The van der Waals surface area contributed by atoms with Gasteiger partial charge in [-0.1, -0.05) is 0 Å². The molecule has 0 heterocycles. The number of rotatable bonds is 0. The molecule has 10 radical (unpaired) electrons. The van der Waals surface area contributed by atoms with Crippen molar-refractivity contribution in [3.8, 4) is 0 Å². The van der Waals surface area contributed by atoms with E-state index in [0.717, 1.165) is 11.5 Å². The maximum absolute atomic E-state index is 3.18. The third kappa shape index (κ3) is 36.1. The van der Waals surface area contributed by atoms with E-state index in [1.807, 2.05) is 78.1 Å². The van der Waals surface area contributed by atoms with Crippen LogP contribution in [0.25, 0.3) is 0 Å². The van der Waals surface area contributed by atoms with Gasteiger partial charge in [0.2, 0.25) is 0 Å². The Bertz CT molecular complexity index is 68.6. The van der Waals surface area contributed by atoms with Gasteiger partial charge in [-0.25, -0.2) is 0 Å². The summed E-state index contributed by atoms with van der Waals surface area (Å²) < 4.78 is 0. The molecule has 0 amide bonds. The molecule has 0 saturated heterocycles. The van der Waals surface area contributed by atoms with Crippen molar-refractivity contribution in [1.29, 1.82) is 0 Å². The van der Waals surface area contributed by atoms with Crippen LogP contribution in [-0.2, 0) is 58.2 Å².